The summed E-state index contributed by atoms with van der Waals surface area (Å²) in [5.74, 6) is 9.80. The van der Waals surface area contributed by atoms with Crippen LogP contribution >= 0.6 is 23.5 Å². The normalized spacial score (nSPS) is 20.4. The van der Waals surface area contributed by atoms with Gasteiger partial charge in [-0.1, -0.05) is 0 Å². The smallest absolute Gasteiger partial charge is 0.141 e. The maximum atomic E-state index is 5.31. The van der Waals surface area contributed by atoms with Gasteiger partial charge in [-0.05, 0) is 6.07 Å². The molecule has 0 aliphatic carbocycles. The van der Waals surface area contributed by atoms with Gasteiger partial charge in [0.1, 0.15) is 5.82 Å². The van der Waals surface area contributed by atoms with Crippen LogP contribution in [0.5, 0.6) is 0 Å². The second-order valence-corrected chi connectivity index (χ2v) is 6.08. The van der Waals surface area contributed by atoms with Crippen molar-refractivity contribution in [3.8, 4) is 0 Å². The number of nitrogen functional groups attached to an aromatic ring is 1. The molecule has 0 spiro atoms. The van der Waals surface area contributed by atoms with Crippen LogP contribution in [0.15, 0.2) is 18.3 Å². The first-order chi connectivity index (χ1) is 7.88. The lowest BCUT2D eigenvalue weighted by molar-refractivity contribution is 1.00. The number of thioether (sulfide) groups is 2. The molecule has 1 aromatic rings. The van der Waals surface area contributed by atoms with Crippen molar-refractivity contribution in [2.24, 2.45) is 5.84 Å². The molecular weight excluding hydrogens is 240 g/mol. The number of anilines is 2. The third-order valence-electron chi connectivity index (χ3n) is 2.33. The highest BCUT2D eigenvalue weighted by atomic mass is 32.2. The van der Waals surface area contributed by atoms with Crippen molar-refractivity contribution in [3.63, 3.8) is 0 Å². The Morgan fingerprint density at radius 2 is 2.44 bits per heavy atom. The van der Waals surface area contributed by atoms with Gasteiger partial charge in [-0.3, -0.25) is 0 Å². The SMILES string of the molecule is NNc1cc(NCC2CSCCS2)ccn1. The predicted octanol–water partition coefficient (Wildman–Crippen LogP) is 1.63. The van der Waals surface area contributed by atoms with Gasteiger partial charge in [0, 0.05) is 47.0 Å². The molecule has 1 fully saturated rings. The molecule has 88 valence electrons. The second kappa shape index (κ2) is 6.22. The summed E-state index contributed by atoms with van der Waals surface area (Å²) in [6, 6.07) is 3.88. The summed E-state index contributed by atoms with van der Waals surface area (Å²) in [5.41, 5.74) is 3.61. The first kappa shape index (κ1) is 11.9. The molecule has 1 aromatic heterocycles. The summed E-state index contributed by atoms with van der Waals surface area (Å²) < 4.78 is 0. The second-order valence-electron chi connectivity index (χ2n) is 3.52. The Hall–Kier alpha value is -0.590. The highest BCUT2D eigenvalue weighted by Crippen LogP contribution is 2.24. The molecule has 0 saturated carbocycles. The van der Waals surface area contributed by atoms with E-state index in [1.54, 1.807) is 6.20 Å². The zero-order chi connectivity index (χ0) is 11.2. The molecule has 1 atom stereocenters. The fourth-order valence-corrected chi connectivity index (χ4v) is 4.12. The fraction of sp³-hybridized carbons (Fsp3) is 0.500. The fourth-order valence-electron chi connectivity index (χ4n) is 1.51. The molecule has 1 saturated heterocycles. The van der Waals surface area contributed by atoms with Crippen molar-refractivity contribution in [1.82, 2.24) is 4.98 Å². The zero-order valence-electron chi connectivity index (χ0n) is 8.98. The molecule has 6 heteroatoms. The van der Waals surface area contributed by atoms with Crippen LogP contribution in [0, 0.1) is 0 Å². The molecule has 1 aliphatic rings. The number of pyridine rings is 1. The Balaban J connectivity index is 1.83. The van der Waals surface area contributed by atoms with Crippen molar-refractivity contribution >= 4 is 35.0 Å². The minimum absolute atomic E-state index is 0.690. The molecule has 1 unspecified atom stereocenters. The van der Waals surface area contributed by atoms with Crippen LogP contribution in [0.2, 0.25) is 0 Å². The van der Waals surface area contributed by atoms with E-state index in [1.165, 1.54) is 17.3 Å². The van der Waals surface area contributed by atoms with Gasteiger partial charge in [0.05, 0.1) is 0 Å². The number of hydrazine groups is 1. The molecule has 1 aliphatic heterocycles. The number of hydrogen-bond acceptors (Lipinski definition) is 6. The Morgan fingerprint density at radius 1 is 1.50 bits per heavy atom. The quantitative estimate of drug-likeness (QED) is 0.562. The van der Waals surface area contributed by atoms with Crippen LogP contribution in [0.3, 0.4) is 0 Å². The van der Waals surface area contributed by atoms with E-state index in [9.17, 15) is 0 Å². The van der Waals surface area contributed by atoms with Gasteiger partial charge in [-0.2, -0.15) is 23.5 Å². The summed E-state index contributed by atoms with van der Waals surface area (Å²) in [7, 11) is 0. The average Bonchev–Trinajstić information content (AvgIpc) is 2.38. The molecule has 2 heterocycles. The van der Waals surface area contributed by atoms with Crippen molar-refractivity contribution in [3.05, 3.63) is 18.3 Å². The summed E-state index contributed by atoms with van der Waals surface area (Å²) in [6.45, 7) is 1.01. The van der Waals surface area contributed by atoms with Gasteiger partial charge in [0.25, 0.3) is 0 Å². The monoisotopic (exact) mass is 256 g/mol. The van der Waals surface area contributed by atoms with Gasteiger partial charge in [-0.15, -0.1) is 0 Å². The zero-order valence-corrected chi connectivity index (χ0v) is 10.6. The maximum Gasteiger partial charge on any atom is 0.141 e. The Morgan fingerprint density at radius 3 is 3.19 bits per heavy atom. The Labute approximate surface area is 104 Å². The van der Waals surface area contributed by atoms with E-state index < -0.39 is 0 Å². The van der Waals surface area contributed by atoms with E-state index in [-0.39, 0.29) is 0 Å². The average molecular weight is 256 g/mol. The number of aromatic nitrogens is 1. The lowest BCUT2D eigenvalue weighted by Crippen LogP contribution is -2.23. The molecule has 0 bridgehead atoms. The van der Waals surface area contributed by atoms with Gasteiger partial charge in [-0.25, -0.2) is 10.8 Å². The molecule has 0 amide bonds. The minimum Gasteiger partial charge on any atom is -0.384 e. The van der Waals surface area contributed by atoms with Crippen molar-refractivity contribution in [2.45, 2.75) is 5.25 Å². The molecule has 4 N–H and O–H groups in total. The molecule has 2 rings (SSSR count). The number of rotatable bonds is 4. The predicted molar refractivity (Wildman–Crippen MR) is 74.1 cm³/mol. The minimum atomic E-state index is 0.690. The van der Waals surface area contributed by atoms with Crippen molar-refractivity contribution in [2.75, 3.05) is 34.5 Å². The standard InChI is InChI=1S/C10H16N4S2/c11-14-10-5-8(1-2-12-10)13-6-9-7-15-3-4-16-9/h1-2,5,9H,3-4,6-7,11H2,(H2,12,13,14). The van der Waals surface area contributed by atoms with E-state index in [0.29, 0.717) is 11.1 Å². The highest BCUT2D eigenvalue weighted by Gasteiger charge is 2.13. The topological polar surface area (TPSA) is 63.0 Å². The summed E-state index contributed by atoms with van der Waals surface area (Å²) in [4.78, 5) is 4.07. The van der Waals surface area contributed by atoms with Crippen molar-refractivity contribution in [1.29, 1.82) is 0 Å². The van der Waals surface area contributed by atoms with Gasteiger partial charge in [0.2, 0.25) is 0 Å². The Bertz CT molecular complexity index is 328. The van der Waals surface area contributed by atoms with Gasteiger partial charge >= 0.3 is 0 Å². The number of hydrogen-bond donors (Lipinski definition) is 3. The van der Waals surface area contributed by atoms with Crippen LogP contribution in [0.25, 0.3) is 0 Å². The summed E-state index contributed by atoms with van der Waals surface area (Å²) in [5, 5.41) is 4.13. The van der Waals surface area contributed by atoms with Gasteiger partial charge in [0.15, 0.2) is 0 Å². The van der Waals surface area contributed by atoms with E-state index in [0.717, 1.165) is 12.2 Å². The number of nitrogens with one attached hydrogen (secondary N) is 2. The molecule has 0 radical (unpaired) electrons. The third-order valence-corrected chi connectivity index (χ3v) is 5.17. The van der Waals surface area contributed by atoms with Crippen LogP contribution in [-0.2, 0) is 0 Å². The highest BCUT2D eigenvalue weighted by molar-refractivity contribution is 8.06. The first-order valence-electron chi connectivity index (χ1n) is 5.24. The van der Waals surface area contributed by atoms with E-state index >= 15 is 0 Å². The summed E-state index contributed by atoms with van der Waals surface area (Å²) >= 11 is 4.09. The Kier molecular flexibility index (Phi) is 4.62. The van der Waals surface area contributed by atoms with Crippen LogP contribution in [-0.4, -0.2) is 34.0 Å². The lowest BCUT2D eigenvalue weighted by atomic mass is 10.3. The maximum absolute atomic E-state index is 5.31. The number of nitrogens with two attached hydrogens (primary N) is 1. The van der Waals surface area contributed by atoms with E-state index in [2.05, 4.69) is 27.5 Å². The van der Waals surface area contributed by atoms with Crippen LogP contribution in [0.4, 0.5) is 11.5 Å². The number of nitrogens with zero attached hydrogens (tertiary/aromatic N) is 1. The third kappa shape index (κ3) is 3.47. The van der Waals surface area contributed by atoms with E-state index in [4.69, 9.17) is 5.84 Å². The molecule has 4 nitrogen and oxygen atoms in total. The first-order valence-corrected chi connectivity index (χ1v) is 7.45. The van der Waals surface area contributed by atoms with Crippen LogP contribution < -0.4 is 16.6 Å². The lowest BCUT2D eigenvalue weighted by Gasteiger charge is -2.21. The summed E-state index contributed by atoms with van der Waals surface area (Å²) in [6.07, 6.45) is 1.75. The van der Waals surface area contributed by atoms with Crippen molar-refractivity contribution < 1.29 is 0 Å². The van der Waals surface area contributed by atoms with Crippen LogP contribution in [0.1, 0.15) is 0 Å². The molecular formula is C10H16N4S2. The van der Waals surface area contributed by atoms with Gasteiger partial charge < -0.3 is 10.7 Å². The molecule has 0 aromatic carbocycles. The molecule has 16 heavy (non-hydrogen) atoms. The van der Waals surface area contributed by atoms with E-state index in [1.807, 2.05) is 23.9 Å². The largest absolute Gasteiger partial charge is 0.384 e.